The number of nitrogens with one attached hydrogen (secondary N) is 1. The predicted molar refractivity (Wildman–Crippen MR) is 142 cm³/mol. The Labute approximate surface area is 208 Å². The largest absolute Gasteiger partial charge is 0.311 e. The van der Waals surface area contributed by atoms with Gasteiger partial charge in [0.25, 0.3) is 5.56 Å². The van der Waals surface area contributed by atoms with Gasteiger partial charge < -0.3 is 9.47 Å². The van der Waals surface area contributed by atoms with E-state index in [4.69, 9.17) is 11.6 Å². The molecule has 1 aliphatic heterocycles. The standard InChI is InChI=1S/C20H27N3O3S.C6H5Cl/c1-13(2)12-27(26)21-15-5-8-19(24)23(11-15)16-6-7-17-14(3)9-20(25)22(4)18(17)10-16;7-6-4-2-1-3-5-6/h6-7,9-10,13,15,21H,5,8,11-12H2,1-4H3;1-5H. The van der Waals surface area contributed by atoms with Gasteiger partial charge in [-0.05, 0) is 49.1 Å². The lowest BCUT2D eigenvalue weighted by Gasteiger charge is -2.33. The van der Waals surface area contributed by atoms with Crippen LogP contribution in [-0.2, 0) is 22.8 Å². The summed E-state index contributed by atoms with van der Waals surface area (Å²) in [5.74, 6) is 1.01. The average Bonchev–Trinajstić information content (AvgIpc) is 2.79. The van der Waals surface area contributed by atoms with Crippen LogP contribution in [0.25, 0.3) is 10.9 Å². The molecule has 6 nitrogen and oxygen atoms in total. The van der Waals surface area contributed by atoms with Crippen LogP contribution in [0.3, 0.4) is 0 Å². The van der Waals surface area contributed by atoms with E-state index in [1.165, 1.54) is 0 Å². The van der Waals surface area contributed by atoms with Crippen LogP contribution in [0.2, 0.25) is 5.02 Å². The van der Waals surface area contributed by atoms with Gasteiger partial charge in [-0.15, -0.1) is 0 Å². The molecule has 0 bridgehead atoms. The van der Waals surface area contributed by atoms with Crippen LogP contribution in [0, 0.1) is 12.8 Å². The molecular weight excluding hydrogens is 470 g/mol. The van der Waals surface area contributed by atoms with Gasteiger partial charge in [-0.25, -0.2) is 8.93 Å². The van der Waals surface area contributed by atoms with E-state index in [0.29, 0.717) is 31.1 Å². The van der Waals surface area contributed by atoms with E-state index >= 15 is 0 Å². The number of amides is 1. The molecule has 8 heteroatoms. The third kappa shape index (κ3) is 6.78. The number of carbonyl (C=O) groups excluding carboxylic acids is 1. The normalized spacial score (nSPS) is 16.9. The van der Waals surface area contributed by atoms with Crippen molar-refractivity contribution in [3.63, 3.8) is 0 Å². The first-order valence-electron chi connectivity index (χ1n) is 11.4. The number of anilines is 1. The number of hydrogen-bond acceptors (Lipinski definition) is 3. The lowest BCUT2D eigenvalue weighted by Crippen LogP contribution is -2.49. The molecule has 1 fully saturated rings. The molecule has 1 aromatic heterocycles. The highest BCUT2D eigenvalue weighted by Crippen LogP contribution is 2.26. The third-order valence-electron chi connectivity index (χ3n) is 5.68. The maximum atomic E-state index is 12.5. The van der Waals surface area contributed by atoms with Gasteiger partial charge in [-0.3, -0.25) is 9.59 Å². The van der Waals surface area contributed by atoms with E-state index in [2.05, 4.69) is 4.72 Å². The number of rotatable bonds is 5. The molecule has 1 N–H and O–H groups in total. The van der Waals surface area contributed by atoms with Crippen LogP contribution in [0.5, 0.6) is 0 Å². The second kappa shape index (κ2) is 11.8. The number of aromatic nitrogens is 1. The van der Waals surface area contributed by atoms with Crippen molar-refractivity contribution < 1.29 is 9.00 Å². The molecule has 2 heterocycles. The number of fused-ring (bicyclic) bond motifs is 1. The Morgan fingerprint density at radius 2 is 1.82 bits per heavy atom. The number of hydrogen-bond donors (Lipinski definition) is 1. The molecule has 0 radical (unpaired) electrons. The summed E-state index contributed by atoms with van der Waals surface area (Å²) in [5.41, 5.74) is 2.44. The highest BCUT2D eigenvalue weighted by atomic mass is 35.5. The molecule has 4 rings (SSSR count). The summed E-state index contributed by atoms with van der Waals surface area (Å²) in [6.07, 6.45) is 1.10. The summed E-state index contributed by atoms with van der Waals surface area (Å²) in [6, 6.07) is 16.8. The lowest BCUT2D eigenvalue weighted by molar-refractivity contribution is -0.119. The first kappa shape index (κ1) is 26.1. The zero-order valence-corrected chi connectivity index (χ0v) is 21.7. The van der Waals surface area contributed by atoms with Crippen LogP contribution in [0.1, 0.15) is 32.3 Å². The molecule has 1 amide bonds. The smallest absolute Gasteiger partial charge is 0.251 e. The topological polar surface area (TPSA) is 71.4 Å². The van der Waals surface area contributed by atoms with Gasteiger partial charge in [0.15, 0.2) is 0 Å². The van der Waals surface area contributed by atoms with Crippen molar-refractivity contribution in [3.05, 3.63) is 75.5 Å². The Morgan fingerprint density at radius 1 is 1.12 bits per heavy atom. The van der Waals surface area contributed by atoms with Crippen molar-refractivity contribution >= 4 is 45.1 Å². The molecule has 2 atom stereocenters. The third-order valence-corrected chi connectivity index (χ3v) is 7.49. The predicted octanol–water partition coefficient (Wildman–Crippen LogP) is 4.59. The van der Waals surface area contributed by atoms with Crippen molar-refractivity contribution in [2.24, 2.45) is 13.0 Å². The number of benzene rings is 2. The van der Waals surface area contributed by atoms with E-state index in [9.17, 15) is 13.8 Å². The van der Waals surface area contributed by atoms with E-state index in [-0.39, 0.29) is 17.5 Å². The number of piperidine rings is 1. The zero-order valence-electron chi connectivity index (χ0n) is 20.1. The zero-order chi connectivity index (χ0) is 24.8. The van der Waals surface area contributed by atoms with E-state index in [1.54, 1.807) is 22.6 Å². The summed E-state index contributed by atoms with van der Waals surface area (Å²) >= 11 is 5.54. The first-order valence-corrected chi connectivity index (χ1v) is 13.1. The SMILES string of the molecule is Cc1cc(=O)n(C)c2cc(N3CC(NS(=O)CC(C)C)CCC3=O)ccc12.Clc1ccccc1. The molecule has 0 spiro atoms. The quantitative estimate of drug-likeness (QED) is 0.555. The maximum Gasteiger partial charge on any atom is 0.251 e. The minimum absolute atomic E-state index is 0.000640. The first-order chi connectivity index (χ1) is 16.2. The van der Waals surface area contributed by atoms with Crippen LogP contribution >= 0.6 is 11.6 Å². The molecule has 2 unspecified atom stereocenters. The summed E-state index contributed by atoms with van der Waals surface area (Å²) < 4.78 is 17.0. The van der Waals surface area contributed by atoms with Crippen LogP contribution in [-0.4, -0.2) is 33.0 Å². The van der Waals surface area contributed by atoms with Crippen LogP contribution in [0.15, 0.2) is 59.4 Å². The summed E-state index contributed by atoms with van der Waals surface area (Å²) in [5, 5.41) is 1.79. The van der Waals surface area contributed by atoms with Gasteiger partial charge in [0.2, 0.25) is 5.91 Å². The minimum atomic E-state index is -1.10. The van der Waals surface area contributed by atoms with Gasteiger partial charge in [-0.1, -0.05) is 49.7 Å². The number of nitrogens with zero attached hydrogens (tertiary/aromatic N) is 2. The summed E-state index contributed by atoms with van der Waals surface area (Å²) in [6.45, 7) is 6.47. The van der Waals surface area contributed by atoms with Crippen molar-refractivity contribution in [3.8, 4) is 0 Å². The number of carbonyl (C=O) groups is 1. The Hall–Kier alpha value is -2.48. The molecule has 182 valence electrons. The molecule has 1 aliphatic rings. The fraction of sp³-hybridized carbons (Fsp3) is 0.385. The minimum Gasteiger partial charge on any atom is -0.311 e. The van der Waals surface area contributed by atoms with Crippen molar-refractivity contribution in [1.29, 1.82) is 0 Å². The van der Waals surface area contributed by atoms with Gasteiger partial charge in [0, 0.05) is 54.0 Å². The summed E-state index contributed by atoms with van der Waals surface area (Å²) in [4.78, 5) is 26.4. The van der Waals surface area contributed by atoms with E-state index < -0.39 is 11.0 Å². The Kier molecular flexibility index (Phi) is 9.05. The molecule has 2 aromatic carbocycles. The van der Waals surface area contributed by atoms with Gasteiger partial charge in [0.05, 0.1) is 16.5 Å². The molecular formula is C26H32ClN3O3S. The number of halogens is 1. The molecule has 3 aromatic rings. The van der Waals surface area contributed by atoms with Gasteiger partial charge in [0.1, 0.15) is 0 Å². The molecule has 34 heavy (non-hydrogen) atoms. The Morgan fingerprint density at radius 3 is 2.44 bits per heavy atom. The lowest BCUT2D eigenvalue weighted by atomic mass is 10.0. The highest BCUT2D eigenvalue weighted by molar-refractivity contribution is 7.83. The molecule has 1 saturated heterocycles. The van der Waals surface area contributed by atoms with Crippen molar-refractivity contribution in [2.45, 2.75) is 39.7 Å². The summed E-state index contributed by atoms with van der Waals surface area (Å²) in [7, 11) is 0.646. The fourth-order valence-electron chi connectivity index (χ4n) is 3.92. The number of aryl methyl sites for hydroxylation is 2. The highest BCUT2D eigenvalue weighted by Gasteiger charge is 2.28. The Bertz CT molecular complexity index is 1230. The average molecular weight is 502 g/mol. The number of pyridine rings is 1. The van der Waals surface area contributed by atoms with Gasteiger partial charge in [-0.2, -0.15) is 0 Å². The Balaban J connectivity index is 0.000000396. The molecule has 0 saturated carbocycles. The van der Waals surface area contributed by atoms with E-state index in [1.807, 2.05) is 69.3 Å². The van der Waals surface area contributed by atoms with Crippen molar-refractivity contribution in [1.82, 2.24) is 9.29 Å². The second-order valence-corrected chi connectivity index (χ2v) is 10.7. The molecule has 0 aliphatic carbocycles. The van der Waals surface area contributed by atoms with Gasteiger partial charge >= 0.3 is 0 Å². The van der Waals surface area contributed by atoms with Crippen LogP contribution in [0.4, 0.5) is 5.69 Å². The van der Waals surface area contributed by atoms with E-state index in [0.717, 1.165) is 27.2 Å². The van der Waals surface area contributed by atoms with Crippen LogP contribution < -0.4 is 15.2 Å². The fourth-order valence-corrected chi connectivity index (χ4v) is 5.33. The monoisotopic (exact) mass is 501 g/mol. The van der Waals surface area contributed by atoms with Crippen molar-refractivity contribution in [2.75, 3.05) is 17.2 Å². The second-order valence-electron chi connectivity index (χ2n) is 8.99. The maximum absolute atomic E-state index is 12.5.